The lowest BCUT2D eigenvalue weighted by molar-refractivity contribution is 0.504. The summed E-state index contributed by atoms with van der Waals surface area (Å²) in [4.78, 5) is 1.83. The van der Waals surface area contributed by atoms with Gasteiger partial charge in [0.2, 0.25) is 0 Å². The van der Waals surface area contributed by atoms with Gasteiger partial charge in [0.05, 0.1) is 0 Å². The number of hydrogen-bond acceptors (Lipinski definition) is 1. The fourth-order valence-electron chi connectivity index (χ4n) is 2.17. The molecule has 4 heteroatoms. The summed E-state index contributed by atoms with van der Waals surface area (Å²) in [6.07, 6.45) is 6.90. The molecule has 1 aliphatic rings. The Bertz CT molecular complexity index is 312. The largest absolute Gasteiger partial charge is 0.126 e. The SMILES string of the molecule is Clc1sc(C(Br)CC2CCCC2)cc1Br. The fourth-order valence-corrected chi connectivity index (χ4v) is 4.84. The van der Waals surface area contributed by atoms with E-state index < -0.39 is 0 Å². The number of hydrogen-bond donors (Lipinski definition) is 0. The average Bonchev–Trinajstić information content (AvgIpc) is 2.78. The molecule has 0 aliphatic heterocycles. The van der Waals surface area contributed by atoms with Crippen molar-refractivity contribution in [1.82, 2.24) is 0 Å². The summed E-state index contributed by atoms with van der Waals surface area (Å²) in [5.41, 5.74) is 0. The molecule has 0 saturated heterocycles. The van der Waals surface area contributed by atoms with Gasteiger partial charge in [-0.2, -0.15) is 0 Å². The lowest BCUT2D eigenvalue weighted by atomic mass is 10.0. The van der Waals surface area contributed by atoms with Gasteiger partial charge >= 0.3 is 0 Å². The van der Waals surface area contributed by atoms with Gasteiger partial charge < -0.3 is 0 Å². The molecule has 15 heavy (non-hydrogen) atoms. The predicted octanol–water partition coefficient (Wildman–Crippen LogP) is 6.18. The standard InChI is InChI=1S/C11H13Br2ClS/c12-8(5-7-3-1-2-4-7)10-6-9(13)11(14)15-10/h6-8H,1-5H2. The molecule has 1 unspecified atom stereocenters. The minimum absolute atomic E-state index is 0.481. The number of rotatable bonds is 3. The Kier molecular flexibility index (Phi) is 4.57. The van der Waals surface area contributed by atoms with Crippen molar-refractivity contribution in [2.24, 2.45) is 5.92 Å². The smallest absolute Gasteiger partial charge is 0.107 e. The molecule has 1 aromatic heterocycles. The van der Waals surface area contributed by atoms with Gasteiger partial charge in [-0.25, -0.2) is 0 Å². The van der Waals surface area contributed by atoms with Crippen LogP contribution < -0.4 is 0 Å². The molecule has 0 bridgehead atoms. The molecule has 1 heterocycles. The second-order valence-corrected chi connectivity index (χ2v) is 7.77. The summed E-state index contributed by atoms with van der Waals surface area (Å²) in [6, 6.07) is 2.14. The summed E-state index contributed by atoms with van der Waals surface area (Å²) < 4.78 is 1.89. The molecule has 0 N–H and O–H groups in total. The van der Waals surface area contributed by atoms with E-state index in [-0.39, 0.29) is 0 Å². The third-order valence-corrected chi connectivity index (χ3v) is 6.75. The summed E-state index contributed by atoms with van der Waals surface area (Å²) in [5.74, 6) is 0.911. The average molecular weight is 373 g/mol. The summed E-state index contributed by atoms with van der Waals surface area (Å²) in [6.45, 7) is 0. The van der Waals surface area contributed by atoms with E-state index in [1.807, 2.05) is 0 Å². The van der Waals surface area contributed by atoms with E-state index in [4.69, 9.17) is 11.6 Å². The highest BCUT2D eigenvalue weighted by Gasteiger charge is 2.21. The summed E-state index contributed by atoms with van der Waals surface area (Å²) in [7, 11) is 0. The van der Waals surface area contributed by atoms with E-state index in [0.29, 0.717) is 4.83 Å². The normalized spacial score (nSPS) is 19.7. The molecular weight excluding hydrogens is 359 g/mol. The van der Waals surface area contributed by atoms with Crippen molar-refractivity contribution in [2.45, 2.75) is 36.9 Å². The molecular formula is C11H13Br2ClS. The van der Waals surface area contributed by atoms with Crippen LogP contribution in [0.4, 0.5) is 0 Å². The Balaban J connectivity index is 1.97. The molecule has 0 radical (unpaired) electrons. The van der Waals surface area contributed by atoms with Crippen molar-refractivity contribution in [3.63, 3.8) is 0 Å². The Morgan fingerprint density at radius 1 is 1.47 bits per heavy atom. The van der Waals surface area contributed by atoms with E-state index in [0.717, 1.165) is 14.7 Å². The van der Waals surface area contributed by atoms with E-state index in [2.05, 4.69) is 37.9 Å². The fraction of sp³-hybridized carbons (Fsp3) is 0.636. The topological polar surface area (TPSA) is 0 Å². The Hall–Kier alpha value is 0.950. The van der Waals surface area contributed by atoms with Gasteiger partial charge in [0.25, 0.3) is 0 Å². The maximum Gasteiger partial charge on any atom is 0.107 e. The quantitative estimate of drug-likeness (QED) is 0.556. The van der Waals surface area contributed by atoms with Gasteiger partial charge in [0.15, 0.2) is 0 Å². The van der Waals surface area contributed by atoms with E-state index in [1.54, 1.807) is 11.3 Å². The highest BCUT2D eigenvalue weighted by atomic mass is 79.9. The van der Waals surface area contributed by atoms with E-state index >= 15 is 0 Å². The highest BCUT2D eigenvalue weighted by molar-refractivity contribution is 9.10. The van der Waals surface area contributed by atoms with Gasteiger partial charge in [-0.3, -0.25) is 0 Å². The van der Waals surface area contributed by atoms with Crippen molar-refractivity contribution in [3.05, 3.63) is 19.8 Å². The van der Waals surface area contributed by atoms with Crippen molar-refractivity contribution >= 4 is 54.8 Å². The maximum atomic E-state index is 6.04. The van der Waals surface area contributed by atoms with Crippen molar-refractivity contribution in [3.8, 4) is 0 Å². The van der Waals surface area contributed by atoms with Gasteiger partial charge in [-0.1, -0.05) is 53.2 Å². The Morgan fingerprint density at radius 3 is 2.67 bits per heavy atom. The van der Waals surface area contributed by atoms with Crippen LogP contribution in [0, 0.1) is 5.92 Å². The second-order valence-electron chi connectivity index (χ2n) is 4.12. The van der Waals surface area contributed by atoms with Crippen LogP contribution in [0.25, 0.3) is 0 Å². The van der Waals surface area contributed by atoms with Gasteiger partial charge in [-0.15, -0.1) is 11.3 Å². The van der Waals surface area contributed by atoms with Crippen LogP contribution in [0.15, 0.2) is 10.5 Å². The zero-order valence-electron chi connectivity index (χ0n) is 8.31. The van der Waals surface area contributed by atoms with Crippen LogP contribution in [0.3, 0.4) is 0 Å². The molecule has 0 spiro atoms. The monoisotopic (exact) mass is 370 g/mol. The van der Waals surface area contributed by atoms with E-state index in [9.17, 15) is 0 Å². The first-order chi connectivity index (χ1) is 7.16. The van der Waals surface area contributed by atoms with Crippen molar-refractivity contribution in [2.75, 3.05) is 0 Å². The van der Waals surface area contributed by atoms with Gasteiger partial charge in [-0.05, 0) is 34.3 Å². The van der Waals surface area contributed by atoms with Gasteiger partial charge in [0.1, 0.15) is 4.34 Å². The lowest BCUT2D eigenvalue weighted by Crippen LogP contribution is -1.97. The van der Waals surface area contributed by atoms with Crippen LogP contribution in [0.1, 0.15) is 41.8 Å². The van der Waals surface area contributed by atoms with Crippen LogP contribution in [0.5, 0.6) is 0 Å². The molecule has 1 fully saturated rings. The zero-order valence-corrected chi connectivity index (χ0v) is 13.1. The molecule has 0 nitrogen and oxygen atoms in total. The Labute approximate surface area is 117 Å². The first kappa shape index (κ1) is 12.4. The van der Waals surface area contributed by atoms with Crippen LogP contribution in [0.2, 0.25) is 4.34 Å². The maximum absolute atomic E-state index is 6.04. The van der Waals surface area contributed by atoms with Crippen LogP contribution in [-0.2, 0) is 0 Å². The summed E-state index contributed by atoms with van der Waals surface area (Å²) >= 11 is 14.9. The van der Waals surface area contributed by atoms with Crippen LogP contribution >= 0.6 is 54.8 Å². The second kappa shape index (κ2) is 5.52. The minimum Gasteiger partial charge on any atom is -0.126 e. The molecule has 84 valence electrons. The zero-order chi connectivity index (χ0) is 10.8. The summed E-state index contributed by atoms with van der Waals surface area (Å²) in [5, 5.41) is 0. The highest BCUT2D eigenvalue weighted by Crippen LogP contribution is 2.43. The number of alkyl halides is 1. The molecule has 1 saturated carbocycles. The molecule has 0 aromatic carbocycles. The Morgan fingerprint density at radius 2 is 2.13 bits per heavy atom. The molecule has 1 aliphatic carbocycles. The van der Waals surface area contributed by atoms with Crippen molar-refractivity contribution < 1.29 is 0 Å². The molecule has 0 amide bonds. The molecule has 2 rings (SSSR count). The third kappa shape index (κ3) is 3.21. The van der Waals surface area contributed by atoms with E-state index in [1.165, 1.54) is 37.0 Å². The van der Waals surface area contributed by atoms with Crippen LogP contribution in [-0.4, -0.2) is 0 Å². The first-order valence-electron chi connectivity index (χ1n) is 5.25. The number of halogens is 3. The number of thiophene rings is 1. The molecule has 1 atom stereocenters. The molecule has 1 aromatic rings. The van der Waals surface area contributed by atoms with Gasteiger partial charge in [0, 0.05) is 14.2 Å². The first-order valence-corrected chi connectivity index (χ1v) is 8.16. The third-order valence-electron chi connectivity index (χ3n) is 2.99. The predicted molar refractivity (Wildman–Crippen MR) is 75.3 cm³/mol. The minimum atomic E-state index is 0.481. The van der Waals surface area contributed by atoms with Crippen molar-refractivity contribution in [1.29, 1.82) is 0 Å². The lowest BCUT2D eigenvalue weighted by Gasteiger charge is -2.12.